The van der Waals surface area contributed by atoms with Crippen LogP contribution < -0.4 is 5.32 Å². The van der Waals surface area contributed by atoms with Crippen molar-refractivity contribution in [2.75, 3.05) is 66.4 Å². The van der Waals surface area contributed by atoms with E-state index in [2.05, 4.69) is 5.32 Å². The third-order valence-electron chi connectivity index (χ3n) is 1.89. The molecule has 18 heavy (non-hydrogen) atoms. The lowest BCUT2D eigenvalue weighted by Crippen LogP contribution is -2.25. The average molecular weight is 271 g/mol. The fourth-order valence-electron chi connectivity index (χ4n) is 1.05. The van der Waals surface area contributed by atoms with Crippen molar-refractivity contribution in [3.05, 3.63) is 0 Å². The van der Waals surface area contributed by atoms with Crippen LogP contribution in [0.5, 0.6) is 0 Å². The van der Waals surface area contributed by atoms with Crippen molar-refractivity contribution in [2.45, 2.75) is 6.43 Å². The lowest BCUT2D eigenvalue weighted by atomic mass is 10.6. The molecule has 0 radical (unpaired) electrons. The van der Waals surface area contributed by atoms with Crippen molar-refractivity contribution in [1.29, 1.82) is 0 Å². The van der Waals surface area contributed by atoms with Gasteiger partial charge in [0.05, 0.1) is 39.6 Å². The summed E-state index contributed by atoms with van der Waals surface area (Å²) < 4.78 is 43.3. The van der Waals surface area contributed by atoms with Crippen LogP contribution in [0, 0.1) is 0 Å². The van der Waals surface area contributed by atoms with Gasteiger partial charge in [-0.25, -0.2) is 8.78 Å². The number of methoxy groups -OCH3 is 1. The van der Waals surface area contributed by atoms with Crippen LogP contribution in [0.15, 0.2) is 0 Å². The number of hydrogen-bond acceptors (Lipinski definition) is 5. The Morgan fingerprint density at radius 1 is 0.833 bits per heavy atom. The van der Waals surface area contributed by atoms with E-state index in [0.29, 0.717) is 46.1 Å². The van der Waals surface area contributed by atoms with Crippen molar-refractivity contribution >= 4 is 0 Å². The minimum absolute atomic E-state index is 0.282. The second kappa shape index (κ2) is 14.7. The van der Waals surface area contributed by atoms with E-state index in [-0.39, 0.29) is 6.61 Å². The number of nitrogens with one attached hydrogen (secondary N) is 1. The zero-order valence-corrected chi connectivity index (χ0v) is 10.8. The van der Waals surface area contributed by atoms with Crippen LogP contribution in [0.2, 0.25) is 0 Å². The number of alkyl halides is 2. The van der Waals surface area contributed by atoms with Crippen LogP contribution >= 0.6 is 0 Å². The third kappa shape index (κ3) is 15.7. The molecule has 1 N–H and O–H groups in total. The molecule has 0 unspecified atom stereocenters. The van der Waals surface area contributed by atoms with Gasteiger partial charge in [0.25, 0.3) is 6.43 Å². The standard InChI is InChI=1S/C11H23F2NO4/c1-15-6-7-17-9-8-16-4-2-14-3-5-18-10-11(12)13/h11,14H,2-10H2,1H3. The molecule has 0 aliphatic carbocycles. The van der Waals surface area contributed by atoms with E-state index >= 15 is 0 Å². The fraction of sp³-hybridized carbons (Fsp3) is 1.00. The zero-order chi connectivity index (χ0) is 13.5. The molecule has 0 aliphatic rings. The molecule has 0 aromatic heterocycles. The summed E-state index contributed by atoms with van der Waals surface area (Å²) in [6.45, 7) is 3.77. The minimum Gasteiger partial charge on any atom is -0.382 e. The second-order valence-electron chi connectivity index (χ2n) is 3.43. The summed E-state index contributed by atoms with van der Waals surface area (Å²) in [6, 6.07) is 0. The highest BCUT2D eigenvalue weighted by molar-refractivity contribution is 4.45. The van der Waals surface area contributed by atoms with E-state index in [1.807, 2.05) is 0 Å². The predicted molar refractivity (Wildman–Crippen MR) is 63.2 cm³/mol. The largest absolute Gasteiger partial charge is 0.382 e. The summed E-state index contributed by atoms with van der Waals surface area (Å²) >= 11 is 0. The molecular weight excluding hydrogens is 248 g/mol. The number of ether oxygens (including phenoxy) is 4. The molecule has 0 aliphatic heterocycles. The molecule has 7 heteroatoms. The van der Waals surface area contributed by atoms with Gasteiger partial charge in [-0.05, 0) is 0 Å². The molecule has 0 aromatic carbocycles. The highest BCUT2D eigenvalue weighted by Gasteiger charge is 2.00. The van der Waals surface area contributed by atoms with Gasteiger partial charge in [0.2, 0.25) is 0 Å². The van der Waals surface area contributed by atoms with Gasteiger partial charge in [-0.1, -0.05) is 0 Å². The molecular formula is C11H23F2NO4. The maximum absolute atomic E-state index is 11.7. The van der Waals surface area contributed by atoms with Crippen LogP contribution in [0.4, 0.5) is 8.78 Å². The maximum atomic E-state index is 11.7. The van der Waals surface area contributed by atoms with Crippen LogP contribution in [0.1, 0.15) is 0 Å². The first-order valence-electron chi connectivity index (χ1n) is 5.98. The fourth-order valence-corrected chi connectivity index (χ4v) is 1.05. The molecule has 0 bridgehead atoms. The van der Waals surface area contributed by atoms with Gasteiger partial charge < -0.3 is 24.3 Å². The summed E-state index contributed by atoms with van der Waals surface area (Å²) in [5, 5.41) is 3.01. The molecule has 0 heterocycles. The van der Waals surface area contributed by atoms with E-state index < -0.39 is 13.0 Å². The Hall–Kier alpha value is -0.340. The van der Waals surface area contributed by atoms with Crippen molar-refractivity contribution in [1.82, 2.24) is 5.32 Å². The first-order valence-corrected chi connectivity index (χ1v) is 5.98. The first-order chi connectivity index (χ1) is 8.77. The van der Waals surface area contributed by atoms with Crippen molar-refractivity contribution in [3.63, 3.8) is 0 Å². The number of halogens is 2. The van der Waals surface area contributed by atoms with Gasteiger partial charge in [0.1, 0.15) is 6.61 Å². The van der Waals surface area contributed by atoms with Gasteiger partial charge in [0.15, 0.2) is 0 Å². The van der Waals surface area contributed by atoms with E-state index in [0.717, 1.165) is 0 Å². The Bertz CT molecular complexity index is 164. The summed E-state index contributed by atoms with van der Waals surface area (Å²) in [4.78, 5) is 0. The molecule has 0 saturated heterocycles. The van der Waals surface area contributed by atoms with Crippen LogP contribution in [-0.4, -0.2) is 72.9 Å². The van der Waals surface area contributed by atoms with Crippen molar-refractivity contribution < 1.29 is 27.7 Å². The normalized spacial score (nSPS) is 11.3. The van der Waals surface area contributed by atoms with Gasteiger partial charge in [0, 0.05) is 20.2 Å². The quantitative estimate of drug-likeness (QED) is 0.467. The number of hydrogen-bond donors (Lipinski definition) is 1. The van der Waals surface area contributed by atoms with Gasteiger partial charge in [-0.15, -0.1) is 0 Å². The predicted octanol–water partition coefficient (Wildman–Crippen LogP) is 0.537. The maximum Gasteiger partial charge on any atom is 0.261 e. The molecule has 0 rings (SSSR count). The Labute approximate surface area is 107 Å². The summed E-state index contributed by atoms with van der Waals surface area (Å²) in [5.74, 6) is 0. The first kappa shape index (κ1) is 17.7. The van der Waals surface area contributed by atoms with Crippen LogP contribution in [0.3, 0.4) is 0 Å². The molecule has 0 fully saturated rings. The van der Waals surface area contributed by atoms with Gasteiger partial charge in [-0.3, -0.25) is 0 Å². The minimum atomic E-state index is -2.40. The Kier molecular flexibility index (Phi) is 14.4. The summed E-state index contributed by atoms with van der Waals surface area (Å²) in [5.41, 5.74) is 0. The average Bonchev–Trinajstić information content (AvgIpc) is 2.34. The van der Waals surface area contributed by atoms with Gasteiger partial charge >= 0.3 is 0 Å². The third-order valence-corrected chi connectivity index (χ3v) is 1.89. The lowest BCUT2D eigenvalue weighted by molar-refractivity contribution is 0.0163. The van der Waals surface area contributed by atoms with E-state index in [4.69, 9.17) is 18.9 Å². The molecule has 0 saturated carbocycles. The molecule has 0 aromatic rings. The highest BCUT2D eigenvalue weighted by atomic mass is 19.3. The highest BCUT2D eigenvalue weighted by Crippen LogP contribution is 1.91. The van der Waals surface area contributed by atoms with Crippen LogP contribution in [-0.2, 0) is 18.9 Å². The van der Waals surface area contributed by atoms with Crippen LogP contribution in [0.25, 0.3) is 0 Å². The Balaban J connectivity index is 2.90. The molecule has 110 valence electrons. The van der Waals surface area contributed by atoms with Crippen molar-refractivity contribution in [2.24, 2.45) is 0 Å². The van der Waals surface area contributed by atoms with Gasteiger partial charge in [-0.2, -0.15) is 0 Å². The van der Waals surface area contributed by atoms with E-state index in [9.17, 15) is 8.78 Å². The SMILES string of the molecule is COCCOCCOCCNCCOCC(F)F. The second-order valence-corrected chi connectivity index (χ2v) is 3.43. The van der Waals surface area contributed by atoms with E-state index in [1.165, 1.54) is 0 Å². The number of rotatable bonds is 14. The molecule has 0 amide bonds. The monoisotopic (exact) mass is 271 g/mol. The molecule has 0 atom stereocenters. The molecule has 5 nitrogen and oxygen atoms in total. The van der Waals surface area contributed by atoms with Crippen molar-refractivity contribution in [3.8, 4) is 0 Å². The summed E-state index contributed by atoms with van der Waals surface area (Å²) in [7, 11) is 1.62. The Morgan fingerprint density at radius 2 is 1.39 bits per heavy atom. The van der Waals surface area contributed by atoms with E-state index in [1.54, 1.807) is 7.11 Å². The lowest BCUT2D eigenvalue weighted by Gasteiger charge is -2.07. The topological polar surface area (TPSA) is 49.0 Å². The smallest absolute Gasteiger partial charge is 0.261 e. The molecule has 0 spiro atoms. The summed E-state index contributed by atoms with van der Waals surface area (Å²) in [6.07, 6.45) is -2.40. The Morgan fingerprint density at radius 3 is 2.00 bits per heavy atom. The zero-order valence-electron chi connectivity index (χ0n) is 10.8.